The second kappa shape index (κ2) is 6.19. The van der Waals surface area contributed by atoms with Crippen LogP contribution in [0.3, 0.4) is 0 Å². The average Bonchev–Trinajstić information content (AvgIpc) is 2.64. The summed E-state index contributed by atoms with van der Waals surface area (Å²) in [4.78, 5) is 10.0. The number of alkyl halides is 2. The number of pyridine rings is 1. The van der Waals surface area contributed by atoms with Crippen LogP contribution in [0.25, 0.3) is 0 Å². The predicted molar refractivity (Wildman–Crippen MR) is 90.2 cm³/mol. The number of nitrogens with zero attached hydrogens (tertiary/aromatic N) is 3. The van der Waals surface area contributed by atoms with Crippen molar-refractivity contribution in [2.24, 2.45) is 10.4 Å². The van der Waals surface area contributed by atoms with E-state index in [1.165, 1.54) is 18.6 Å². The number of hydrogen-bond acceptors (Lipinski definition) is 3. The molecule has 1 saturated heterocycles. The first-order valence-corrected chi connectivity index (χ1v) is 7.70. The first-order valence-electron chi connectivity index (χ1n) is 7.70. The molecule has 1 aliphatic heterocycles. The maximum absolute atomic E-state index is 13.5. The van der Waals surface area contributed by atoms with Gasteiger partial charge in [-0.25, -0.2) is 18.8 Å². The summed E-state index contributed by atoms with van der Waals surface area (Å²) in [6.07, 6.45) is 1.11. The maximum atomic E-state index is 13.5. The Morgan fingerprint density at radius 3 is 2.48 bits per heavy atom. The Labute approximate surface area is 137 Å². The fraction of sp³-hybridized carbons (Fsp3) is 0.625. The van der Waals surface area contributed by atoms with E-state index in [-0.39, 0.29) is 29.3 Å². The first kappa shape index (κ1) is 17.9. The summed E-state index contributed by atoms with van der Waals surface area (Å²) in [5.74, 6) is 0.272. The van der Waals surface area contributed by atoms with Crippen molar-refractivity contribution < 1.29 is 13.4 Å². The highest BCUT2D eigenvalue weighted by Crippen LogP contribution is 2.45. The van der Waals surface area contributed by atoms with Gasteiger partial charge in [-0.05, 0) is 37.1 Å². The molecule has 0 radical (unpaired) electrons. The molecule has 0 saturated carbocycles. The van der Waals surface area contributed by atoms with Crippen LogP contribution in [-0.4, -0.2) is 42.8 Å². The molecule has 1 aromatic rings. The van der Waals surface area contributed by atoms with Gasteiger partial charge in [0, 0.05) is 25.9 Å². The second-order valence-electron chi connectivity index (χ2n) is 7.39. The van der Waals surface area contributed by atoms with Gasteiger partial charge in [0.05, 0.1) is 11.9 Å². The number of aromatic nitrogens is 1. The van der Waals surface area contributed by atoms with E-state index in [2.05, 4.69) is 23.8 Å². The zero-order chi connectivity index (χ0) is 17.4. The molecule has 1 aromatic heterocycles. The van der Waals surface area contributed by atoms with Crippen molar-refractivity contribution in [1.29, 1.82) is 0 Å². The fourth-order valence-corrected chi connectivity index (χ4v) is 2.61. The lowest BCUT2D eigenvalue weighted by Crippen LogP contribution is -2.37. The minimum absolute atomic E-state index is 0.0515. The number of rotatable bonds is 4. The largest absolute Gasteiger partial charge is 0.425 e. The molecule has 2 heterocycles. The van der Waals surface area contributed by atoms with Gasteiger partial charge in [0.15, 0.2) is 5.82 Å². The monoisotopic (exact) mass is 323 g/mol. The molecule has 7 heteroatoms. The van der Waals surface area contributed by atoms with Crippen LogP contribution in [0, 0.1) is 5.41 Å². The summed E-state index contributed by atoms with van der Waals surface area (Å²) < 4.78 is 33.1. The molecule has 126 valence electrons. The molecule has 1 fully saturated rings. The van der Waals surface area contributed by atoms with E-state index < -0.39 is 6.43 Å². The Hall–Kier alpha value is -1.50. The molecule has 0 aliphatic carbocycles. The zero-order valence-electron chi connectivity index (χ0n) is 14.6. The van der Waals surface area contributed by atoms with Gasteiger partial charge in [0.2, 0.25) is 0 Å². The van der Waals surface area contributed by atoms with Gasteiger partial charge in [0.1, 0.15) is 0 Å². The van der Waals surface area contributed by atoms with Crippen LogP contribution in [-0.2, 0) is 4.65 Å². The average molecular weight is 323 g/mol. The van der Waals surface area contributed by atoms with Gasteiger partial charge in [-0.3, -0.25) is 0 Å². The molecule has 0 atom stereocenters. The van der Waals surface area contributed by atoms with Gasteiger partial charge < -0.3 is 9.55 Å². The SMILES string of the molecule is CN(C)/C=N/c1cc(C(F)F)c(B2CC(C)(C)C(C)(C)O2)cn1. The van der Waals surface area contributed by atoms with Crippen molar-refractivity contribution in [2.45, 2.75) is 46.0 Å². The Morgan fingerprint density at radius 2 is 2.00 bits per heavy atom. The van der Waals surface area contributed by atoms with Crippen molar-refractivity contribution in [3.8, 4) is 0 Å². The molecule has 0 bridgehead atoms. The molecule has 0 spiro atoms. The molecule has 1 aliphatic rings. The minimum atomic E-state index is -2.59. The smallest absolute Gasteiger partial charge is 0.329 e. The van der Waals surface area contributed by atoms with Gasteiger partial charge in [0.25, 0.3) is 6.43 Å². The Bertz CT molecular complexity index is 587. The highest BCUT2D eigenvalue weighted by atomic mass is 19.3. The van der Waals surface area contributed by atoms with Crippen LogP contribution in [0.5, 0.6) is 0 Å². The van der Waals surface area contributed by atoms with Crippen molar-refractivity contribution in [3.63, 3.8) is 0 Å². The lowest BCUT2D eigenvalue weighted by molar-refractivity contribution is 0.0374. The molecule has 23 heavy (non-hydrogen) atoms. The predicted octanol–water partition coefficient (Wildman–Crippen LogP) is 3.27. The molecule has 4 nitrogen and oxygen atoms in total. The van der Waals surface area contributed by atoms with Crippen molar-refractivity contribution >= 4 is 24.5 Å². The summed E-state index contributed by atoms with van der Waals surface area (Å²) in [5, 5.41) is 0. The Kier molecular flexibility index (Phi) is 4.80. The minimum Gasteiger partial charge on any atom is -0.425 e. The van der Waals surface area contributed by atoms with Gasteiger partial charge in [-0.1, -0.05) is 13.8 Å². The van der Waals surface area contributed by atoms with E-state index in [0.717, 1.165) is 0 Å². The second-order valence-corrected chi connectivity index (χ2v) is 7.39. The molecule has 0 unspecified atom stereocenters. The van der Waals surface area contributed by atoms with E-state index in [4.69, 9.17) is 4.65 Å². The molecular weight excluding hydrogens is 299 g/mol. The molecule has 0 aromatic carbocycles. The van der Waals surface area contributed by atoms with Crippen LogP contribution in [0.2, 0.25) is 6.32 Å². The molecule has 2 rings (SSSR count). The topological polar surface area (TPSA) is 37.7 Å². The Morgan fingerprint density at radius 1 is 1.35 bits per heavy atom. The standard InChI is InChI=1S/C16H24BF2N3O/c1-15(2)9-17(23-16(15,3)4)12-8-20-13(21-10-22(5)6)7-11(12)14(18)19/h7-8,10,14H,9H2,1-6H3/b21-10+. The van der Waals surface area contributed by atoms with Crippen LogP contribution in [0.4, 0.5) is 14.6 Å². The van der Waals surface area contributed by atoms with Crippen LogP contribution in [0.15, 0.2) is 17.3 Å². The van der Waals surface area contributed by atoms with E-state index in [1.54, 1.807) is 4.90 Å². The summed E-state index contributed by atoms with van der Waals surface area (Å²) in [5.41, 5.74) is -0.0655. The summed E-state index contributed by atoms with van der Waals surface area (Å²) in [6, 6.07) is 1.35. The van der Waals surface area contributed by atoms with Crippen LogP contribution in [0.1, 0.15) is 39.7 Å². The maximum Gasteiger partial charge on any atom is 0.329 e. The fourth-order valence-electron chi connectivity index (χ4n) is 2.61. The van der Waals surface area contributed by atoms with Gasteiger partial charge >= 0.3 is 6.92 Å². The molecule has 0 amide bonds. The van der Waals surface area contributed by atoms with Gasteiger partial charge in [-0.15, -0.1) is 0 Å². The quantitative estimate of drug-likeness (QED) is 0.485. The van der Waals surface area contributed by atoms with E-state index >= 15 is 0 Å². The highest BCUT2D eigenvalue weighted by molar-refractivity contribution is 6.68. The molecular formula is C16H24BF2N3O. The summed E-state index contributed by atoms with van der Waals surface area (Å²) >= 11 is 0. The normalized spacial score (nSPS) is 19.8. The highest BCUT2D eigenvalue weighted by Gasteiger charge is 2.50. The summed E-state index contributed by atoms with van der Waals surface area (Å²) in [7, 11) is 3.62. The number of halogens is 2. The Balaban J connectivity index is 2.36. The third-order valence-corrected chi connectivity index (χ3v) is 4.72. The zero-order valence-corrected chi connectivity index (χ0v) is 14.6. The van der Waals surface area contributed by atoms with Crippen molar-refractivity contribution in [1.82, 2.24) is 9.88 Å². The number of hydrogen-bond donors (Lipinski definition) is 0. The lowest BCUT2D eigenvalue weighted by Gasteiger charge is -2.34. The van der Waals surface area contributed by atoms with E-state index in [0.29, 0.717) is 11.8 Å². The lowest BCUT2D eigenvalue weighted by atomic mass is 9.53. The van der Waals surface area contributed by atoms with E-state index in [1.807, 2.05) is 27.9 Å². The van der Waals surface area contributed by atoms with Crippen molar-refractivity contribution in [3.05, 3.63) is 17.8 Å². The van der Waals surface area contributed by atoms with E-state index in [9.17, 15) is 8.78 Å². The first-order chi connectivity index (χ1) is 10.5. The molecule has 0 N–H and O–H groups in total. The third-order valence-electron chi connectivity index (χ3n) is 4.72. The van der Waals surface area contributed by atoms with Crippen LogP contribution < -0.4 is 5.46 Å². The van der Waals surface area contributed by atoms with Crippen molar-refractivity contribution in [2.75, 3.05) is 14.1 Å². The van der Waals surface area contributed by atoms with Crippen LogP contribution >= 0.6 is 0 Å². The summed E-state index contributed by atoms with van der Waals surface area (Å²) in [6.45, 7) is 7.82. The number of aliphatic imine (C=N–C) groups is 1. The van der Waals surface area contributed by atoms with Gasteiger partial charge in [-0.2, -0.15) is 0 Å². The third kappa shape index (κ3) is 3.71.